The maximum Gasteiger partial charge on any atom is 0.273 e. The van der Waals surface area contributed by atoms with E-state index in [1.54, 1.807) is 22.9 Å². The number of carbonyl (C=O) groups excluding carboxylic acids is 1. The van der Waals surface area contributed by atoms with Crippen LogP contribution in [-0.4, -0.2) is 25.6 Å². The molecule has 0 fully saturated rings. The molecule has 3 rings (SSSR count). The van der Waals surface area contributed by atoms with Crippen LogP contribution in [0.25, 0.3) is 11.5 Å². The average Bonchev–Trinajstić information content (AvgIpc) is 3.16. The summed E-state index contributed by atoms with van der Waals surface area (Å²) in [6, 6.07) is 5.84. The van der Waals surface area contributed by atoms with E-state index in [9.17, 15) is 22.0 Å². The highest BCUT2D eigenvalue weighted by molar-refractivity contribution is 7.92. The molecule has 0 saturated heterocycles. The topological polar surface area (TPSA) is 101 Å². The SMILES string of the molecule is CC(NC(=O)c1coc(-c2cccc(Cl)c2Cl)n1)c1cc(F)c(NS(C)(=O)=O)c(F)c1. The zero-order valence-corrected chi connectivity index (χ0v) is 18.4. The molecule has 1 amide bonds. The lowest BCUT2D eigenvalue weighted by molar-refractivity contribution is 0.0934. The molecule has 31 heavy (non-hydrogen) atoms. The Balaban J connectivity index is 1.78. The van der Waals surface area contributed by atoms with Crippen molar-refractivity contribution in [2.45, 2.75) is 13.0 Å². The summed E-state index contributed by atoms with van der Waals surface area (Å²) in [6.07, 6.45) is 1.88. The first kappa shape index (κ1) is 23.0. The van der Waals surface area contributed by atoms with Gasteiger partial charge in [-0.2, -0.15) is 0 Å². The summed E-state index contributed by atoms with van der Waals surface area (Å²) < 4.78 is 57.9. The van der Waals surface area contributed by atoms with Gasteiger partial charge in [-0.25, -0.2) is 22.2 Å². The van der Waals surface area contributed by atoms with Gasteiger partial charge in [0.2, 0.25) is 15.9 Å². The van der Waals surface area contributed by atoms with Crippen molar-refractivity contribution >= 4 is 44.8 Å². The molecule has 0 saturated carbocycles. The van der Waals surface area contributed by atoms with E-state index in [-0.39, 0.29) is 27.2 Å². The molecule has 7 nitrogen and oxygen atoms in total. The van der Waals surface area contributed by atoms with Gasteiger partial charge in [0.25, 0.3) is 5.91 Å². The smallest absolute Gasteiger partial charge is 0.273 e. The van der Waals surface area contributed by atoms with E-state index in [1.807, 2.05) is 0 Å². The van der Waals surface area contributed by atoms with Crippen molar-refractivity contribution < 1.29 is 26.4 Å². The second kappa shape index (κ2) is 8.81. The van der Waals surface area contributed by atoms with Crippen molar-refractivity contribution in [2.24, 2.45) is 0 Å². The first-order chi connectivity index (χ1) is 14.5. The first-order valence-corrected chi connectivity index (χ1v) is 11.3. The second-order valence-corrected chi connectivity index (χ2v) is 9.10. The molecule has 164 valence electrons. The van der Waals surface area contributed by atoms with Crippen LogP contribution in [-0.2, 0) is 10.0 Å². The largest absolute Gasteiger partial charge is 0.444 e. The van der Waals surface area contributed by atoms with Gasteiger partial charge in [-0.15, -0.1) is 0 Å². The number of anilines is 1. The van der Waals surface area contributed by atoms with Gasteiger partial charge in [0, 0.05) is 0 Å². The molecule has 0 aliphatic carbocycles. The van der Waals surface area contributed by atoms with Crippen LogP contribution in [0.4, 0.5) is 14.5 Å². The number of benzene rings is 2. The highest BCUT2D eigenvalue weighted by Crippen LogP contribution is 2.33. The average molecular weight is 490 g/mol. The van der Waals surface area contributed by atoms with Gasteiger partial charge in [0.15, 0.2) is 17.3 Å². The number of aromatic nitrogens is 1. The van der Waals surface area contributed by atoms with Gasteiger partial charge in [0.1, 0.15) is 12.0 Å². The number of oxazole rings is 1. The Bertz CT molecular complexity index is 1240. The first-order valence-electron chi connectivity index (χ1n) is 8.63. The number of hydrogen-bond donors (Lipinski definition) is 2. The molecule has 0 bridgehead atoms. The minimum Gasteiger partial charge on any atom is -0.444 e. The van der Waals surface area contributed by atoms with E-state index in [0.29, 0.717) is 5.56 Å². The van der Waals surface area contributed by atoms with E-state index in [0.717, 1.165) is 24.7 Å². The predicted molar refractivity (Wildman–Crippen MR) is 113 cm³/mol. The number of hydrogen-bond acceptors (Lipinski definition) is 5. The number of rotatable bonds is 6. The molecule has 0 aliphatic heterocycles. The fourth-order valence-corrected chi connectivity index (χ4v) is 3.60. The summed E-state index contributed by atoms with van der Waals surface area (Å²) in [6.45, 7) is 1.49. The van der Waals surface area contributed by atoms with Gasteiger partial charge < -0.3 is 9.73 Å². The van der Waals surface area contributed by atoms with Crippen LogP contribution in [0, 0.1) is 11.6 Å². The molecule has 2 N–H and O–H groups in total. The summed E-state index contributed by atoms with van der Waals surface area (Å²) in [5, 5.41) is 3.03. The van der Waals surface area contributed by atoms with Gasteiger partial charge in [-0.3, -0.25) is 9.52 Å². The monoisotopic (exact) mass is 489 g/mol. The third-order valence-corrected chi connectivity index (χ3v) is 5.51. The standard InChI is InChI=1S/C19H15Cl2F2N3O4S/c1-9(10-6-13(22)17(14(23)7-10)26-31(2,28)29)24-18(27)15-8-30-19(25-15)11-4-3-5-12(20)16(11)21/h3-9,26H,1-2H3,(H,24,27). The number of nitrogens with one attached hydrogen (secondary N) is 2. The van der Waals surface area contributed by atoms with E-state index < -0.39 is 39.3 Å². The molecular weight excluding hydrogens is 475 g/mol. The van der Waals surface area contributed by atoms with Crippen LogP contribution in [0.3, 0.4) is 0 Å². The van der Waals surface area contributed by atoms with Gasteiger partial charge in [0.05, 0.1) is 27.9 Å². The Morgan fingerprint density at radius 3 is 2.45 bits per heavy atom. The normalized spacial score (nSPS) is 12.5. The lowest BCUT2D eigenvalue weighted by Crippen LogP contribution is -2.27. The third-order valence-electron chi connectivity index (χ3n) is 4.12. The Morgan fingerprint density at radius 2 is 1.84 bits per heavy atom. The maximum atomic E-state index is 14.2. The number of halogens is 4. The number of sulfonamides is 1. The molecular formula is C19H15Cl2F2N3O4S. The number of nitrogens with zero attached hydrogens (tertiary/aromatic N) is 1. The molecule has 12 heteroatoms. The molecule has 3 aromatic rings. The lowest BCUT2D eigenvalue weighted by Gasteiger charge is -2.15. The molecule has 2 aromatic carbocycles. The lowest BCUT2D eigenvalue weighted by atomic mass is 10.1. The minimum atomic E-state index is -3.87. The van der Waals surface area contributed by atoms with E-state index in [2.05, 4.69) is 10.3 Å². The molecule has 0 aliphatic rings. The summed E-state index contributed by atoms with van der Waals surface area (Å²) >= 11 is 12.1. The number of amides is 1. The molecule has 1 heterocycles. The third kappa shape index (κ3) is 5.33. The summed E-state index contributed by atoms with van der Waals surface area (Å²) in [7, 11) is -3.87. The van der Waals surface area contributed by atoms with Crippen molar-refractivity contribution in [2.75, 3.05) is 11.0 Å². The summed E-state index contributed by atoms with van der Waals surface area (Å²) in [5.41, 5.74) is -0.429. The van der Waals surface area contributed by atoms with Gasteiger partial charge in [-0.1, -0.05) is 29.3 Å². The predicted octanol–water partition coefficient (Wildman–Crippen LogP) is 4.79. The number of carbonyl (C=O) groups is 1. The van der Waals surface area contributed by atoms with E-state index >= 15 is 0 Å². The van der Waals surface area contributed by atoms with Crippen LogP contribution < -0.4 is 10.0 Å². The van der Waals surface area contributed by atoms with Gasteiger partial charge >= 0.3 is 0 Å². The van der Waals surface area contributed by atoms with E-state index in [1.165, 1.54) is 6.92 Å². The Hall–Kier alpha value is -2.69. The highest BCUT2D eigenvalue weighted by Gasteiger charge is 2.21. The fourth-order valence-electron chi connectivity index (χ4n) is 2.65. The Morgan fingerprint density at radius 1 is 1.19 bits per heavy atom. The maximum absolute atomic E-state index is 14.2. The fraction of sp³-hybridized carbons (Fsp3) is 0.158. The van der Waals surface area contributed by atoms with Crippen molar-refractivity contribution in [3.63, 3.8) is 0 Å². The van der Waals surface area contributed by atoms with Crippen LogP contribution in [0.5, 0.6) is 0 Å². The van der Waals surface area contributed by atoms with Crippen molar-refractivity contribution in [1.82, 2.24) is 10.3 Å². The molecule has 0 radical (unpaired) electrons. The molecule has 1 atom stereocenters. The quantitative estimate of drug-likeness (QED) is 0.518. The van der Waals surface area contributed by atoms with Crippen LogP contribution in [0.2, 0.25) is 10.0 Å². The summed E-state index contributed by atoms with van der Waals surface area (Å²) in [5.74, 6) is -2.85. The van der Waals surface area contributed by atoms with Crippen LogP contribution in [0.1, 0.15) is 29.0 Å². The molecule has 0 spiro atoms. The van der Waals surface area contributed by atoms with Crippen molar-refractivity contribution in [1.29, 1.82) is 0 Å². The van der Waals surface area contributed by atoms with Crippen LogP contribution in [0.15, 0.2) is 41.0 Å². The highest BCUT2D eigenvalue weighted by atomic mass is 35.5. The molecule has 1 aromatic heterocycles. The van der Waals surface area contributed by atoms with Gasteiger partial charge in [-0.05, 0) is 36.8 Å². The molecule has 1 unspecified atom stereocenters. The van der Waals surface area contributed by atoms with E-state index in [4.69, 9.17) is 27.6 Å². The van der Waals surface area contributed by atoms with Crippen LogP contribution >= 0.6 is 23.2 Å². The summed E-state index contributed by atoms with van der Waals surface area (Å²) in [4.78, 5) is 16.5. The zero-order chi connectivity index (χ0) is 22.9. The minimum absolute atomic E-state index is 0.0681. The second-order valence-electron chi connectivity index (χ2n) is 6.57. The Kier molecular flexibility index (Phi) is 6.54. The zero-order valence-electron chi connectivity index (χ0n) is 16.0. The Labute approximate surface area is 186 Å². The van der Waals surface area contributed by atoms with Crippen molar-refractivity contribution in [3.8, 4) is 11.5 Å². The van der Waals surface area contributed by atoms with Crippen molar-refractivity contribution in [3.05, 3.63) is 69.5 Å².